The molecule has 1 amide bonds. The zero-order chi connectivity index (χ0) is 14.6. The fourth-order valence-corrected chi connectivity index (χ4v) is 1.70. The molecule has 2 N–H and O–H groups in total. The molecule has 1 atom stereocenters. The number of aromatic nitrogens is 2. The summed E-state index contributed by atoms with van der Waals surface area (Å²) in [7, 11) is 0. The first-order chi connectivity index (χ1) is 8.86. The molecule has 0 fully saturated rings. The molecule has 0 spiro atoms. The second kappa shape index (κ2) is 6.26. The molecule has 0 saturated heterocycles. The van der Waals surface area contributed by atoms with E-state index in [-0.39, 0.29) is 5.92 Å². The Morgan fingerprint density at radius 3 is 2.47 bits per heavy atom. The molecule has 1 aromatic rings. The van der Waals surface area contributed by atoms with Gasteiger partial charge < -0.3 is 10.4 Å². The Kier molecular flexibility index (Phi) is 4.97. The molecular weight excluding hydrogens is 246 g/mol. The number of aliphatic carboxylic acids is 1. The molecule has 0 aliphatic heterocycles. The van der Waals surface area contributed by atoms with Crippen molar-refractivity contribution in [1.29, 1.82) is 0 Å². The van der Waals surface area contributed by atoms with Crippen LogP contribution in [-0.4, -0.2) is 33.2 Å². The van der Waals surface area contributed by atoms with Gasteiger partial charge in [-0.25, -0.2) is 4.79 Å². The van der Waals surface area contributed by atoms with Gasteiger partial charge in [0.2, 0.25) is 0 Å². The highest BCUT2D eigenvalue weighted by molar-refractivity contribution is 5.97. The van der Waals surface area contributed by atoms with Crippen LogP contribution in [0.15, 0.2) is 6.07 Å². The molecule has 0 saturated carbocycles. The Morgan fingerprint density at radius 1 is 1.37 bits per heavy atom. The van der Waals surface area contributed by atoms with Gasteiger partial charge in [0.25, 0.3) is 5.91 Å². The molecule has 1 aromatic heterocycles. The summed E-state index contributed by atoms with van der Waals surface area (Å²) < 4.78 is 0. The highest BCUT2D eigenvalue weighted by atomic mass is 16.4. The van der Waals surface area contributed by atoms with E-state index in [4.69, 9.17) is 5.11 Å². The summed E-state index contributed by atoms with van der Waals surface area (Å²) in [5, 5.41) is 19.5. The van der Waals surface area contributed by atoms with E-state index in [1.54, 1.807) is 26.8 Å². The van der Waals surface area contributed by atoms with Gasteiger partial charge >= 0.3 is 5.97 Å². The molecule has 0 radical (unpaired) electrons. The van der Waals surface area contributed by atoms with Crippen molar-refractivity contribution in [3.8, 4) is 0 Å². The van der Waals surface area contributed by atoms with E-state index >= 15 is 0 Å². The number of nitrogens with one attached hydrogen (secondary N) is 1. The van der Waals surface area contributed by atoms with Crippen LogP contribution in [0.3, 0.4) is 0 Å². The molecule has 0 aromatic carbocycles. The Morgan fingerprint density at radius 2 is 2.00 bits per heavy atom. The van der Waals surface area contributed by atoms with Crippen molar-refractivity contribution in [1.82, 2.24) is 15.5 Å². The van der Waals surface area contributed by atoms with E-state index < -0.39 is 17.9 Å². The maximum atomic E-state index is 12.2. The lowest BCUT2D eigenvalue weighted by atomic mass is 10.0. The average Bonchev–Trinajstić information content (AvgIpc) is 2.34. The van der Waals surface area contributed by atoms with Gasteiger partial charge in [-0.2, -0.15) is 10.2 Å². The van der Waals surface area contributed by atoms with Gasteiger partial charge in [0.05, 0.1) is 17.0 Å². The first-order valence-corrected chi connectivity index (χ1v) is 6.23. The average molecular weight is 265 g/mol. The van der Waals surface area contributed by atoms with Crippen LogP contribution in [0.1, 0.15) is 42.5 Å². The van der Waals surface area contributed by atoms with Crippen LogP contribution in [-0.2, 0) is 11.2 Å². The molecular formula is C13H19N3O3. The molecule has 19 heavy (non-hydrogen) atoms. The summed E-state index contributed by atoms with van der Waals surface area (Å²) in [6, 6.07) is 0.714. The number of carbonyl (C=O) groups is 2. The van der Waals surface area contributed by atoms with Crippen LogP contribution < -0.4 is 5.32 Å². The number of hydrogen-bond donors (Lipinski definition) is 2. The van der Waals surface area contributed by atoms with Crippen LogP contribution in [0.2, 0.25) is 0 Å². The number of hydrogen-bond acceptors (Lipinski definition) is 4. The van der Waals surface area contributed by atoms with Crippen molar-refractivity contribution in [2.24, 2.45) is 5.92 Å². The third kappa shape index (κ3) is 3.74. The summed E-state index contributed by atoms with van der Waals surface area (Å²) in [5.41, 5.74) is 1.58. The third-order valence-corrected chi connectivity index (χ3v) is 2.79. The van der Waals surface area contributed by atoms with Crippen molar-refractivity contribution in [3.05, 3.63) is 23.0 Å². The van der Waals surface area contributed by atoms with E-state index in [0.29, 0.717) is 23.4 Å². The van der Waals surface area contributed by atoms with E-state index in [1.807, 2.05) is 6.92 Å². The van der Waals surface area contributed by atoms with Crippen LogP contribution >= 0.6 is 0 Å². The molecule has 1 unspecified atom stereocenters. The maximum Gasteiger partial charge on any atom is 0.326 e. The minimum Gasteiger partial charge on any atom is -0.480 e. The normalized spacial score (nSPS) is 12.3. The topological polar surface area (TPSA) is 92.2 Å². The molecule has 104 valence electrons. The largest absolute Gasteiger partial charge is 0.480 e. The van der Waals surface area contributed by atoms with Crippen molar-refractivity contribution in [2.75, 3.05) is 0 Å². The van der Waals surface area contributed by atoms with Crippen molar-refractivity contribution < 1.29 is 14.7 Å². The van der Waals surface area contributed by atoms with Gasteiger partial charge in [0.15, 0.2) is 0 Å². The lowest BCUT2D eigenvalue weighted by Crippen LogP contribution is -2.44. The number of carboxylic acids is 1. The lowest BCUT2D eigenvalue weighted by molar-refractivity contribution is -0.140. The minimum absolute atomic E-state index is 0.192. The molecule has 6 nitrogen and oxygen atoms in total. The molecule has 0 bridgehead atoms. The molecule has 0 aliphatic carbocycles. The van der Waals surface area contributed by atoms with Crippen LogP contribution in [0.5, 0.6) is 0 Å². The summed E-state index contributed by atoms with van der Waals surface area (Å²) >= 11 is 0. The predicted molar refractivity (Wildman–Crippen MR) is 69.9 cm³/mol. The predicted octanol–water partition coefficient (Wildman–Crippen LogP) is 1.19. The third-order valence-electron chi connectivity index (χ3n) is 2.79. The smallest absolute Gasteiger partial charge is 0.326 e. The van der Waals surface area contributed by atoms with Gasteiger partial charge in [0.1, 0.15) is 6.04 Å². The van der Waals surface area contributed by atoms with Gasteiger partial charge in [0, 0.05) is 0 Å². The second-order valence-corrected chi connectivity index (χ2v) is 4.73. The number of amides is 1. The zero-order valence-electron chi connectivity index (χ0n) is 11.6. The number of nitrogens with zero attached hydrogens (tertiary/aromatic N) is 2. The number of aryl methyl sites for hydroxylation is 2. The summed E-state index contributed by atoms with van der Waals surface area (Å²) in [6.07, 6.45) is 0.565. The fourth-order valence-electron chi connectivity index (χ4n) is 1.70. The maximum absolute atomic E-state index is 12.2. The van der Waals surface area contributed by atoms with Gasteiger partial charge in [-0.15, -0.1) is 0 Å². The SMILES string of the molecule is CCc1nnc(C)cc1C(=O)NC(C(=O)O)C(C)C. The van der Waals surface area contributed by atoms with Gasteiger partial charge in [-0.1, -0.05) is 20.8 Å². The monoisotopic (exact) mass is 265 g/mol. The molecule has 1 heterocycles. The van der Waals surface area contributed by atoms with E-state index in [0.717, 1.165) is 0 Å². The molecule has 6 heteroatoms. The van der Waals surface area contributed by atoms with E-state index in [9.17, 15) is 9.59 Å². The Bertz CT molecular complexity index is 486. The van der Waals surface area contributed by atoms with Crippen molar-refractivity contribution in [2.45, 2.75) is 40.2 Å². The summed E-state index contributed by atoms with van der Waals surface area (Å²) in [5.74, 6) is -1.65. The number of carboxylic acid groups (broad SMARTS) is 1. The van der Waals surface area contributed by atoms with Gasteiger partial charge in [-0.3, -0.25) is 4.79 Å². The molecule has 0 aliphatic rings. The molecule has 1 rings (SSSR count). The Balaban J connectivity index is 3.00. The Labute approximate surface area is 112 Å². The van der Waals surface area contributed by atoms with Crippen LogP contribution in [0.4, 0.5) is 0 Å². The standard InChI is InChI=1S/C13H19N3O3/c1-5-10-9(6-8(4)15-16-10)12(17)14-11(7(2)3)13(18)19/h6-7,11H,5H2,1-4H3,(H,14,17)(H,18,19). The number of rotatable bonds is 5. The van der Waals surface area contributed by atoms with E-state index in [1.165, 1.54) is 0 Å². The van der Waals surface area contributed by atoms with Crippen molar-refractivity contribution >= 4 is 11.9 Å². The zero-order valence-corrected chi connectivity index (χ0v) is 11.6. The highest BCUT2D eigenvalue weighted by Crippen LogP contribution is 2.09. The minimum atomic E-state index is -1.04. The van der Waals surface area contributed by atoms with Crippen molar-refractivity contribution in [3.63, 3.8) is 0 Å². The second-order valence-electron chi connectivity index (χ2n) is 4.73. The Hall–Kier alpha value is -1.98. The first-order valence-electron chi connectivity index (χ1n) is 6.23. The fraction of sp³-hybridized carbons (Fsp3) is 0.538. The van der Waals surface area contributed by atoms with Crippen LogP contribution in [0, 0.1) is 12.8 Å². The van der Waals surface area contributed by atoms with Crippen LogP contribution in [0.25, 0.3) is 0 Å². The highest BCUT2D eigenvalue weighted by Gasteiger charge is 2.25. The summed E-state index contributed by atoms with van der Waals surface area (Å²) in [4.78, 5) is 23.2. The quantitative estimate of drug-likeness (QED) is 0.834. The summed E-state index contributed by atoms with van der Waals surface area (Å²) in [6.45, 7) is 7.10. The van der Waals surface area contributed by atoms with E-state index in [2.05, 4.69) is 15.5 Å². The van der Waals surface area contributed by atoms with Gasteiger partial charge in [-0.05, 0) is 25.3 Å². The lowest BCUT2D eigenvalue weighted by Gasteiger charge is -2.18. The number of carbonyl (C=O) groups excluding carboxylic acids is 1. The first kappa shape index (κ1) is 15.1.